The Kier molecular flexibility index (Phi) is 5.95. The largest absolute Gasteiger partial charge is 0.486 e. The predicted octanol–water partition coefficient (Wildman–Crippen LogP) is 1.76. The molecule has 0 atom stereocenters. The molecule has 0 unspecified atom stereocenters. The minimum atomic E-state index is -0.537. The van der Waals surface area contributed by atoms with E-state index in [9.17, 15) is 10.1 Å². The molecule has 0 saturated heterocycles. The van der Waals surface area contributed by atoms with Gasteiger partial charge in [-0.15, -0.1) is 0 Å². The van der Waals surface area contributed by atoms with Gasteiger partial charge < -0.3 is 20.2 Å². The van der Waals surface area contributed by atoms with Crippen LogP contribution in [0.15, 0.2) is 18.3 Å². The molecular weight excluding hydrogens is 222 g/mol. The van der Waals surface area contributed by atoms with E-state index in [0.717, 1.165) is 25.9 Å². The first-order valence-electron chi connectivity index (χ1n) is 5.68. The molecule has 94 valence electrons. The quantitative estimate of drug-likeness (QED) is 0.425. The summed E-state index contributed by atoms with van der Waals surface area (Å²) in [7, 11) is 0. The maximum atomic E-state index is 10.6. The van der Waals surface area contributed by atoms with E-state index in [0.29, 0.717) is 6.61 Å². The van der Waals surface area contributed by atoms with E-state index in [2.05, 4.69) is 17.2 Å². The highest BCUT2D eigenvalue weighted by atomic mass is 16.6. The Morgan fingerprint density at radius 2 is 2.35 bits per heavy atom. The molecule has 0 amide bonds. The van der Waals surface area contributed by atoms with Crippen molar-refractivity contribution in [3.63, 3.8) is 0 Å². The fourth-order valence-corrected chi connectivity index (χ4v) is 1.31. The summed E-state index contributed by atoms with van der Waals surface area (Å²) < 4.78 is 5.33. The Labute approximate surface area is 100 Å². The van der Waals surface area contributed by atoms with Crippen molar-refractivity contribution in [3.8, 4) is 5.75 Å². The van der Waals surface area contributed by atoms with Crippen LogP contribution in [0, 0.1) is 10.1 Å². The molecule has 0 aliphatic carbocycles. The Morgan fingerprint density at radius 3 is 3.06 bits per heavy atom. The van der Waals surface area contributed by atoms with Crippen LogP contribution in [0.2, 0.25) is 0 Å². The molecule has 0 radical (unpaired) electrons. The van der Waals surface area contributed by atoms with Gasteiger partial charge in [-0.05, 0) is 48.0 Å². The summed E-state index contributed by atoms with van der Waals surface area (Å²) in [6.45, 7) is 4.38. The molecule has 1 heterocycles. The van der Waals surface area contributed by atoms with E-state index < -0.39 is 4.92 Å². The second kappa shape index (κ2) is 7.56. The molecule has 6 nitrogen and oxygen atoms in total. The molecule has 0 aromatic carbocycles. The van der Waals surface area contributed by atoms with Crippen molar-refractivity contribution >= 4 is 5.82 Å². The van der Waals surface area contributed by atoms with Gasteiger partial charge in [0, 0.05) is 0 Å². The van der Waals surface area contributed by atoms with E-state index in [4.69, 9.17) is 4.74 Å². The van der Waals surface area contributed by atoms with Gasteiger partial charge in [-0.2, -0.15) is 0 Å². The van der Waals surface area contributed by atoms with Gasteiger partial charge in [-0.25, -0.2) is 0 Å². The average Bonchev–Trinajstić information content (AvgIpc) is 2.34. The van der Waals surface area contributed by atoms with Crippen LogP contribution < -0.4 is 10.1 Å². The Bertz CT molecular complexity index is 358. The third-order valence-corrected chi connectivity index (χ3v) is 2.11. The number of pyridine rings is 1. The van der Waals surface area contributed by atoms with Gasteiger partial charge in [0.25, 0.3) is 0 Å². The lowest BCUT2D eigenvalue weighted by Gasteiger charge is -2.06. The molecule has 1 rings (SSSR count). The lowest BCUT2D eigenvalue weighted by Crippen LogP contribution is -2.18. The molecule has 0 saturated carbocycles. The molecule has 17 heavy (non-hydrogen) atoms. The van der Waals surface area contributed by atoms with Crippen molar-refractivity contribution in [3.05, 3.63) is 28.4 Å². The van der Waals surface area contributed by atoms with E-state index in [1.54, 1.807) is 12.1 Å². The number of aromatic nitrogens is 1. The molecule has 1 aromatic heterocycles. The van der Waals surface area contributed by atoms with E-state index in [1.165, 1.54) is 6.20 Å². The number of nitrogens with one attached hydrogen (secondary N) is 1. The monoisotopic (exact) mass is 239 g/mol. The molecule has 0 bridgehead atoms. The molecular formula is C11H17N3O3. The molecule has 1 aromatic rings. The number of nitrogens with zero attached hydrogens (tertiary/aromatic N) is 2. The minimum Gasteiger partial charge on any atom is -0.486 e. The van der Waals surface area contributed by atoms with Crippen molar-refractivity contribution in [2.24, 2.45) is 0 Å². The van der Waals surface area contributed by atoms with E-state index in [-0.39, 0.29) is 11.6 Å². The second-order valence-electron chi connectivity index (χ2n) is 3.53. The standard InChI is InChI=1S/C11H17N3O3/c1-2-6-12-7-4-9-17-10-5-3-8-13-11(10)14(15)16/h3,5,8,12H,2,4,6-7,9H2,1H3. The summed E-state index contributed by atoms with van der Waals surface area (Å²) >= 11 is 0. The number of hydrogen-bond acceptors (Lipinski definition) is 5. The highest BCUT2D eigenvalue weighted by Gasteiger charge is 2.14. The number of nitro groups is 1. The first kappa shape index (κ1) is 13.4. The lowest BCUT2D eigenvalue weighted by molar-refractivity contribution is -0.390. The van der Waals surface area contributed by atoms with Crippen LogP contribution in [-0.2, 0) is 0 Å². The van der Waals surface area contributed by atoms with E-state index >= 15 is 0 Å². The van der Waals surface area contributed by atoms with Crippen LogP contribution in [0.25, 0.3) is 0 Å². The fraction of sp³-hybridized carbons (Fsp3) is 0.545. The zero-order valence-corrected chi connectivity index (χ0v) is 9.89. The third kappa shape index (κ3) is 4.78. The normalized spacial score (nSPS) is 10.2. The summed E-state index contributed by atoms with van der Waals surface area (Å²) in [5.41, 5.74) is 0. The van der Waals surface area contributed by atoms with Crippen molar-refractivity contribution in [2.45, 2.75) is 19.8 Å². The summed E-state index contributed by atoms with van der Waals surface area (Å²) in [4.78, 5) is 13.8. The SMILES string of the molecule is CCCNCCCOc1cccnc1[N+](=O)[O-]. The van der Waals surface area contributed by atoms with Gasteiger partial charge in [-0.3, -0.25) is 0 Å². The van der Waals surface area contributed by atoms with E-state index in [1.807, 2.05) is 0 Å². The summed E-state index contributed by atoms with van der Waals surface area (Å²) in [6, 6.07) is 3.18. The van der Waals surface area contributed by atoms with Gasteiger partial charge in [0.15, 0.2) is 0 Å². The van der Waals surface area contributed by atoms with Gasteiger partial charge in [0.05, 0.1) is 6.61 Å². The molecule has 0 aliphatic rings. The topological polar surface area (TPSA) is 77.3 Å². The first-order chi connectivity index (χ1) is 8.25. The smallest absolute Gasteiger partial charge is 0.406 e. The average molecular weight is 239 g/mol. The Morgan fingerprint density at radius 1 is 1.53 bits per heavy atom. The number of ether oxygens (including phenoxy) is 1. The first-order valence-corrected chi connectivity index (χ1v) is 5.68. The summed E-state index contributed by atoms with van der Waals surface area (Å²) in [6.07, 6.45) is 3.29. The van der Waals surface area contributed by atoms with Crippen LogP contribution in [0.4, 0.5) is 5.82 Å². The zero-order valence-electron chi connectivity index (χ0n) is 9.89. The van der Waals surface area contributed by atoms with Crippen LogP contribution in [-0.4, -0.2) is 29.6 Å². The molecule has 1 N–H and O–H groups in total. The van der Waals surface area contributed by atoms with Crippen molar-refractivity contribution in [2.75, 3.05) is 19.7 Å². The predicted molar refractivity (Wildman–Crippen MR) is 64.2 cm³/mol. The maximum absolute atomic E-state index is 10.6. The van der Waals surface area contributed by atoms with Crippen molar-refractivity contribution < 1.29 is 9.66 Å². The highest BCUT2D eigenvalue weighted by Crippen LogP contribution is 2.22. The fourth-order valence-electron chi connectivity index (χ4n) is 1.31. The molecule has 0 spiro atoms. The van der Waals surface area contributed by atoms with Crippen LogP contribution in [0.1, 0.15) is 19.8 Å². The number of rotatable bonds is 8. The maximum Gasteiger partial charge on any atom is 0.406 e. The van der Waals surface area contributed by atoms with Crippen LogP contribution >= 0.6 is 0 Å². The second-order valence-corrected chi connectivity index (χ2v) is 3.53. The van der Waals surface area contributed by atoms with Gasteiger partial charge in [0.1, 0.15) is 6.20 Å². The van der Waals surface area contributed by atoms with Gasteiger partial charge in [0.2, 0.25) is 5.75 Å². The van der Waals surface area contributed by atoms with Gasteiger partial charge >= 0.3 is 5.82 Å². The third-order valence-electron chi connectivity index (χ3n) is 2.11. The minimum absolute atomic E-state index is 0.228. The lowest BCUT2D eigenvalue weighted by atomic mass is 10.4. The van der Waals surface area contributed by atoms with Crippen molar-refractivity contribution in [1.29, 1.82) is 0 Å². The summed E-state index contributed by atoms with van der Waals surface area (Å²) in [5.74, 6) is 0.00186. The highest BCUT2D eigenvalue weighted by molar-refractivity contribution is 5.38. The number of hydrogen-bond donors (Lipinski definition) is 1. The summed E-state index contributed by atoms with van der Waals surface area (Å²) in [5, 5.41) is 13.9. The zero-order chi connectivity index (χ0) is 12.5. The molecule has 0 aliphatic heterocycles. The molecule has 6 heteroatoms. The Hall–Kier alpha value is -1.69. The van der Waals surface area contributed by atoms with Crippen LogP contribution in [0.3, 0.4) is 0 Å². The van der Waals surface area contributed by atoms with Crippen molar-refractivity contribution in [1.82, 2.24) is 10.3 Å². The molecule has 0 fully saturated rings. The van der Waals surface area contributed by atoms with Gasteiger partial charge in [-0.1, -0.05) is 6.92 Å². The van der Waals surface area contributed by atoms with Crippen LogP contribution in [0.5, 0.6) is 5.75 Å². The Balaban J connectivity index is 2.34.